The van der Waals surface area contributed by atoms with Crippen LogP contribution in [0.3, 0.4) is 0 Å². The summed E-state index contributed by atoms with van der Waals surface area (Å²) in [4.78, 5) is 20.7. The number of aromatic hydroxyl groups is 1. The Bertz CT molecular complexity index is 937. The molecular weight excluding hydrogens is 310 g/mol. The first kappa shape index (κ1) is 14.2. The molecule has 11 nitrogen and oxygen atoms in total. The second kappa shape index (κ2) is 5.22. The molecule has 3 aromatic rings. The summed E-state index contributed by atoms with van der Waals surface area (Å²) in [6.45, 7) is 0. The molecule has 0 aliphatic carbocycles. The maximum Gasteiger partial charge on any atom is 0.307 e. The summed E-state index contributed by atoms with van der Waals surface area (Å²) in [7, 11) is 0. The number of nitrogens with one attached hydrogen (secondary N) is 1. The minimum atomic E-state index is -0.808. The number of aromatic nitrogens is 2. The molecule has 2 N–H and O–H groups in total. The van der Waals surface area contributed by atoms with E-state index in [9.17, 15) is 25.3 Å². The molecule has 23 heavy (non-hydrogen) atoms. The number of phenols is 1. The summed E-state index contributed by atoms with van der Waals surface area (Å²) in [5.74, 6) is -0.0610. The molecule has 0 atom stereocenters. The largest absolute Gasteiger partial charge is 0.508 e. The fraction of sp³-hybridized carbons (Fsp3) is 0. The van der Waals surface area contributed by atoms with Crippen LogP contribution in [0.5, 0.6) is 5.75 Å². The first-order valence-corrected chi connectivity index (χ1v) is 6.11. The molecule has 0 unspecified atom stereocenters. The van der Waals surface area contributed by atoms with Crippen molar-refractivity contribution in [1.29, 1.82) is 0 Å². The van der Waals surface area contributed by atoms with Crippen molar-refractivity contribution in [2.45, 2.75) is 0 Å². The summed E-state index contributed by atoms with van der Waals surface area (Å²) in [5.41, 5.74) is -1.33. The maximum absolute atomic E-state index is 11.2. The standard InChI is InChI=1S/C12H7N5O6/c18-7-3-1-2-6(4-7)13-10-8(16(19)20)5-9(17(21)22)11-12(10)15-23-14-11/h1-5,13,18H. The van der Waals surface area contributed by atoms with E-state index in [1.54, 1.807) is 6.07 Å². The Morgan fingerprint density at radius 3 is 2.39 bits per heavy atom. The van der Waals surface area contributed by atoms with Crippen molar-refractivity contribution >= 4 is 33.8 Å². The second-order valence-corrected chi connectivity index (χ2v) is 4.44. The van der Waals surface area contributed by atoms with Gasteiger partial charge in [0.15, 0.2) is 5.52 Å². The molecular formula is C12H7N5O6. The number of fused-ring (bicyclic) bond motifs is 1. The van der Waals surface area contributed by atoms with Gasteiger partial charge in [0.1, 0.15) is 11.4 Å². The Balaban J connectivity index is 2.24. The lowest BCUT2D eigenvalue weighted by Crippen LogP contribution is -2.00. The van der Waals surface area contributed by atoms with Gasteiger partial charge in [0.2, 0.25) is 5.52 Å². The first-order valence-electron chi connectivity index (χ1n) is 6.11. The van der Waals surface area contributed by atoms with Crippen LogP contribution in [0, 0.1) is 20.2 Å². The molecule has 3 rings (SSSR count). The van der Waals surface area contributed by atoms with Gasteiger partial charge in [-0.3, -0.25) is 20.2 Å². The first-order chi connectivity index (χ1) is 11.0. The Kier molecular flexibility index (Phi) is 3.22. The average molecular weight is 317 g/mol. The highest BCUT2D eigenvalue weighted by Crippen LogP contribution is 2.39. The number of nitro groups is 2. The van der Waals surface area contributed by atoms with E-state index in [0.29, 0.717) is 5.69 Å². The van der Waals surface area contributed by atoms with Crippen molar-refractivity contribution in [1.82, 2.24) is 10.3 Å². The van der Waals surface area contributed by atoms with Crippen LogP contribution in [0.2, 0.25) is 0 Å². The SMILES string of the molecule is O=[N+]([O-])c1cc([N+](=O)[O-])c2nonc2c1Nc1cccc(O)c1. The highest BCUT2D eigenvalue weighted by molar-refractivity contribution is 6.00. The zero-order chi connectivity index (χ0) is 16.6. The summed E-state index contributed by atoms with van der Waals surface area (Å²) in [5, 5.41) is 41.3. The number of hydrogen-bond donors (Lipinski definition) is 2. The molecule has 0 bridgehead atoms. The molecule has 0 saturated carbocycles. The smallest absolute Gasteiger partial charge is 0.307 e. The topological polar surface area (TPSA) is 157 Å². The molecule has 2 aromatic carbocycles. The summed E-state index contributed by atoms with van der Waals surface area (Å²) < 4.78 is 4.48. The highest BCUT2D eigenvalue weighted by Gasteiger charge is 2.29. The maximum atomic E-state index is 11.2. The highest BCUT2D eigenvalue weighted by atomic mass is 16.6. The van der Waals surface area contributed by atoms with E-state index >= 15 is 0 Å². The Hall–Kier alpha value is -3.76. The molecule has 0 saturated heterocycles. The van der Waals surface area contributed by atoms with Crippen molar-refractivity contribution in [3.8, 4) is 5.75 Å². The van der Waals surface area contributed by atoms with Crippen LogP contribution in [0.15, 0.2) is 35.0 Å². The molecule has 116 valence electrons. The van der Waals surface area contributed by atoms with Gasteiger partial charge in [-0.05, 0) is 22.4 Å². The second-order valence-electron chi connectivity index (χ2n) is 4.44. The van der Waals surface area contributed by atoms with Crippen molar-refractivity contribution < 1.29 is 19.6 Å². The Morgan fingerprint density at radius 2 is 1.74 bits per heavy atom. The van der Waals surface area contributed by atoms with Crippen LogP contribution in [-0.2, 0) is 0 Å². The van der Waals surface area contributed by atoms with Gasteiger partial charge in [0.25, 0.3) is 0 Å². The van der Waals surface area contributed by atoms with Gasteiger partial charge in [-0.2, -0.15) is 0 Å². The predicted octanol–water partition coefficient (Wildman–Crippen LogP) is 2.49. The number of nitro benzene ring substituents is 2. The van der Waals surface area contributed by atoms with Crippen molar-refractivity contribution in [2.24, 2.45) is 0 Å². The number of rotatable bonds is 4. The number of phenolic OH excluding ortho intramolecular Hbond substituents is 1. The number of benzene rings is 2. The summed E-state index contributed by atoms with van der Waals surface area (Å²) in [6, 6.07) is 6.59. The summed E-state index contributed by atoms with van der Waals surface area (Å²) >= 11 is 0. The zero-order valence-electron chi connectivity index (χ0n) is 11.2. The van der Waals surface area contributed by atoms with E-state index in [2.05, 4.69) is 20.3 Å². The van der Waals surface area contributed by atoms with Crippen LogP contribution in [0.25, 0.3) is 11.0 Å². The number of non-ortho nitro benzene ring substituents is 1. The Labute approximate surface area is 126 Å². The molecule has 1 heterocycles. The van der Waals surface area contributed by atoms with Crippen LogP contribution in [0.4, 0.5) is 22.7 Å². The molecule has 0 amide bonds. The van der Waals surface area contributed by atoms with Gasteiger partial charge < -0.3 is 10.4 Å². The van der Waals surface area contributed by atoms with Crippen molar-refractivity contribution in [3.63, 3.8) is 0 Å². The molecule has 0 aliphatic heterocycles. The molecule has 0 fully saturated rings. The van der Waals surface area contributed by atoms with Crippen LogP contribution in [0.1, 0.15) is 0 Å². The predicted molar refractivity (Wildman–Crippen MR) is 76.5 cm³/mol. The van der Waals surface area contributed by atoms with Gasteiger partial charge in [-0.25, -0.2) is 4.63 Å². The van der Waals surface area contributed by atoms with E-state index in [1.165, 1.54) is 18.2 Å². The number of anilines is 2. The molecule has 0 spiro atoms. The van der Waals surface area contributed by atoms with Gasteiger partial charge in [-0.1, -0.05) is 6.07 Å². The van der Waals surface area contributed by atoms with E-state index in [0.717, 1.165) is 6.07 Å². The number of hydrogen-bond acceptors (Lipinski definition) is 9. The number of nitrogens with zero attached hydrogens (tertiary/aromatic N) is 4. The normalized spacial score (nSPS) is 10.6. The van der Waals surface area contributed by atoms with Gasteiger partial charge in [0, 0.05) is 11.8 Å². The Morgan fingerprint density at radius 1 is 1.04 bits per heavy atom. The average Bonchev–Trinajstić information content (AvgIpc) is 2.96. The monoisotopic (exact) mass is 317 g/mol. The van der Waals surface area contributed by atoms with Crippen LogP contribution in [-0.4, -0.2) is 25.3 Å². The lowest BCUT2D eigenvalue weighted by molar-refractivity contribution is -0.392. The quantitative estimate of drug-likeness (QED) is 0.544. The van der Waals surface area contributed by atoms with E-state index in [-0.39, 0.29) is 22.5 Å². The summed E-state index contributed by atoms with van der Waals surface area (Å²) in [6.07, 6.45) is 0. The fourth-order valence-electron chi connectivity index (χ4n) is 2.05. The van der Waals surface area contributed by atoms with Crippen LogP contribution < -0.4 is 5.32 Å². The molecule has 11 heteroatoms. The third-order valence-corrected chi connectivity index (χ3v) is 3.01. The van der Waals surface area contributed by atoms with Crippen molar-refractivity contribution in [3.05, 3.63) is 50.6 Å². The van der Waals surface area contributed by atoms with E-state index in [4.69, 9.17) is 0 Å². The minimum Gasteiger partial charge on any atom is -0.508 e. The molecule has 0 radical (unpaired) electrons. The van der Waals surface area contributed by atoms with Crippen molar-refractivity contribution in [2.75, 3.05) is 5.32 Å². The van der Waals surface area contributed by atoms with Gasteiger partial charge in [0.05, 0.1) is 15.9 Å². The van der Waals surface area contributed by atoms with E-state index in [1.807, 2.05) is 0 Å². The van der Waals surface area contributed by atoms with E-state index < -0.39 is 21.2 Å². The van der Waals surface area contributed by atoms with Crippen LogP contribution >= 0.6 is 0 Å². The molecule has 0 aliphatic rings. The third kappa shape index (κ3) is 2.46. The lowest BCUT2D eigenvalue weighted by Gasteiger charge is -2.07. The van der Waals surface area contributed by atoms with Gasteiger partial charge >= 0.3 is 11.4 Å². The zero-order valence-corrected chi connectivity index (χ0v) is 11.2. The third-order valence-electron chi connectivity index (χ3n) is 3.01. The van der Waals surface area contributed by atoms with Gasteiger partial charge in [-0.15, -0.1) is 0 Å². The molecule has 1 aromatic heterocycles. The minimum absolute atomic E-state index is 0.0610. The lowest BCUT2D eigenvalue weighted by atomic mass is 10.2. The fourth-order valence-corrected chi connectivity index (χ4v) is 2.05.